The van der Waals surface area contributed by atoms with Gasteiger partial charge in [0.2, 0.25) is 11.7 Å². The van der Waals surface area contributed by atoms with E-state index in [2.05, 4.69) is 10.1 Å². The van der Waals surface area contributed by atoms with Crippen molar-refractivity contribution in [3.8, 4) is 5.75 Å². The van der Waals surface area contributed by atoms with E-state index in [0.29, 0.717) is 18.1 Å². The van der Waals surface area contributed by atoms with Crippen LogP contribution in [0.4, 0.5) is 0 Å². The Bertz CT molecular complexity index is 508. The third-order valence-electron chi connectivity index (χ3n) is 2.83. The third-order valence-corrected chi connectivity index (χ3v) is 2.83. The summed E-state index contributed by atoms with van der Waals surface area (Å²) >= 11 is 0. The summed E-state index contributed by atoms with van der Waals surface area (Å²) in [5, 5.41) is 13.5. The van der Waals surface area contributed by atoms with Gasteiger partial charge in [0.25, 0.3) is 0 Å². The van der Waals surface area contributed by atoms with Crippen LogP contribution in [-0.4, -0.2) is 15.2 Å². The van der Waals surface area contributed by atoms with Crippen molar-refractivity contribution in [2.45, 2.75) is 39.4 Å². The van der Waals surface area contributed by atoms with Gasteiger partial charge in [-0.1, -0.05) is 31.1 Å². The maximum Gasteiger partial charge on any atom is 0.226 e. The van der Waals surface area contributed by atoms with Crippen molar-refractivity contribution in [3.05, 3.63) is 41.5 Å². The standard InChI is InChI=1S/C14H18N2O3/c1-3-12(17)10-5-7-11(8-6-10)18-9-13-15-14(4-2)19-16-13/h5-8,12,17H,3-4,9H2,1-2H3/t12-/m1/s1. The number of benzene rings is 1. The number of hydrogen-bond acceptors (Lipinski definition) is 5. The second-order valence-electron chi connectivity index (χ2n) is 4.24. The van der Waals surface area contributed by atoms with E-state index in [0.717, 1.165) is 17.7 Å². The summed E-state index contributed by atoms with van der Waals surface area (Å²) in [6, 6.07) is 7.37. The van der Waals surface area contributed by atoms with Crippen LogP contribution in [0.1, 0.15) is 43.7 Å². The molecule has 5 heteroatoms. The predicted octanol–water partition coefficient (Wildman–Crippen LogP) is 2.65. The minimum atomic E-state index is -0.418. The van der Waals surface area contributed by atoms with Gasteiger partial charge >= 0.3 is 0 Å². The molecular weight excluding hydrogens is 244 g/mol. The van der Waals surface area contributed by atoms with Gasteiger partial charge in [0.05, 0.1) is 6.10 Å². The number of aliphatic hydroxyl groups is 1. The van der Waals surface area contributed by atoms with Crippen molar-refractivity contribution in [2.24, 2.45) is 0 Å². The van der Waals surface area contributed by atoms with E-state index in [1.807, 2.05) is 38.1 Å². The second kappa shape index (κ2) is 6.33. The highest BCUT2D eigenvalue weighted by Crippen LogP contribution is 2.20. The Hall–Kier alpha value is -1.88. The van der Waals surface area contributed by atoms with E-state index in [1.165, 1.54) is 0 Å². The Morgan fingerprint density at radius 3 is 2.58 bits per heavy atom. The van der Waals surface area contributed by atoms with E-state index in [4.69, 9.17) is 9.26 Å². The molecule has 5 nitrogen and oxygen atoms in total. The van der Waals surface area contributed by atoms with Crippen molar-refractivity contribution in [1.29, 1.82) is 0 Å². The average molecular weight is 262 g/mol. The first-order valence-electron chi connectivity index (χ1n) is 6.45. The molecule has 0 unspecified atom stereocenters. The number of aromatic nitrogens is 2. The molecule has 1 atom stereocenters. The number of nitrogens with zero attached hydrogens (tertiary/aromatic N) is 2. The van der Waals surface area contributed by atoms with Crippen LogP contribution in [0.5, 0.6) is 5.75 Å². The molecule has 0 amide bonds. The number of aryl methyl sites for hydroxylation is 1. The Morgan fingerprint density at radius 2 is 2.00 bits per heavy atom. The SMILES string of the molecule is CCc1nc(COc2ccc([C@H](O)CC)cc2)no1. The van der Waals surface area contributed by atoms with Crippen LogP contribution in [0.25, 0.3) is 0 Å². The fourth-order valence-electron chi connectivity index (χ4n) is 1.66. The van der Waals surface area contributed by atoms with Gasteiger partial charge in [-0.05, 0) is 24.1 Å². The van der Waals surface area contributed by atoms with Crippen LogP contribution >= 0.6 is 0 Å². The molecule has 0 aliphatic carbocycles. The highest BCUT2D eigenvalue weighted by molar-refractivity contribution is 5.28. The van der Waals surface area contributed by atoms with Gasteiger partial charge in [-0.15, -0.1) is 0 Å². The van der Waals surface area contributed by atoms with Crippen LogP contribution in [0.3, 0.4) is 0 Å². The maximum atomic E-state index is 9.68. The average Bonchev–Trinajstić information content (AvgIpc) is 2.93. The molecule has 1 heterocycles. The van der Waals surface area contributed by atoms with Crippen molar-refractivity contribution >= 4 is 0 Å². The van der Waals surface area contributed by atoms with Gasteiger partial charge in [0.1, 0.15) is 5.75 Å². The predicted molar refractivity (Wildman–Crippen MR) is 69.7 cm³/mol. The Labute approximate surface area is 112 Å². The monoisotopic (exact) mass is 262 g/mol. The molecule has 2 rings (SSSR count). The number of aliphatic hydroxyl groups excluding tert-OH is 1. The fourth-order valence-corrected chi connectivity index (χ4v) is 1.66. The molecule has 0 bridgehead atoms. The summed E-state index contributed by atoms with van der Waals surface area (Å²) in [5.74, 6) is 1.87. The number of ether oxygens (including phenoxy) is 1. The lowest BCUT2D eigenvalue weighted by Crippen LogP contribution is -1.99. The van der Waals surface area contributed by atoms with Crippen LogP contribution in [-0.2, 0) is 13.0 Å². The van der Waals surface area contributed by atoms with Crippen LogP contribution in [0, 0.1) is 0 Å². The molecule has 1 aromatic carbocycles. The molecule has 1 aromatic heterocycles. The van der Waals surface area contributed by atoms with Gasteiger partial charge in [0.15, 0.2) is 6.61 Å². The van der Waals surface area contributed by atoms with Crippen molar-refractivity contribution < 1.29 is 14.4 Å². The van der Waals surface area contributed by atoms with Gasteiger partial charge in [-0.25, -0.2) is 0 Å². The zero-order valence-electron chi connectivity index (χ0n) is 11.2. The quantitative estimate of drug-likeness (QED) is 0.866. The summed E-state index contributed by atoms with van der Waals surface area (Å²) in [4.78, 5) is 4.16. The Kier molecular flexibility index (Phi) is 4.52. The lowest BCUT2D eigenvalue weighted by molar-refractivity contribution is 0.173. The van der Waals surface area contributed by atoms with Crippen molar-refractivity contribution in [1.82, 2.24) is 10.1 Å². The fraction of sp³-hybridized carbons (Fsp3) is 0.429. The summed E-state index contributed by atoms with van der Waals surface area (Å²) in [6.07, 6.45) is 0.998. The molecule has 0 fully saturated rings. The number of hydrogen-bond donors (Lipinski definition) is 1. The van der Waals surface area contributed by atoms with E-state index in [-0.39, 0.29) is 6.61 Å². The van der Waals surface area contributed by atoms with Gasteiger partial charge < -0.3 is 14.4 Å². The Balaban J connectivity index is 1.92. The maximum absolute atomic E-state index is 9.68. The molecule has 0 saturated carbocycles. The lowest BCUT2D eigenvalue weighted by Gasteiger charge is -2.09. The highest BCUT2D eigenvalue weighted by atomic mass is 16.5. The van der Waals surface area contributed by atoms with E-state index in [9.17, 15) is 5.11 Å². The molecule has 1 N–H and O–H groups in total. The van der Waals surface area contributed by atoms with E-state index < -0.39 is 6.10 Å². The lowest BCUT2D eigenvalue weighted by atomic mass is 10.1. The topological polar surface area (TPSA) is 68.4 Å². The first-order valence-corrected chi connectivity index (χ1v) is 6.45. The molecule has 0 aliphatic rings. The molecule has 0 radical (unpaired) electrons. The Morgan fingerprint density at radius 1 is 1.26 bits per heavy atom. The van der Waals surface area contributed by atoms with E-state index >= 15 is 0 Å². The second-order valence-corrected chi connectivity index (χ2v) is 4.24. The number of rotatable bonds is 6. The van der Waals surface area contributed by atoms with Crippen molar-refractivity contribution in [2.75, 3.05) is 0 Å². The molecular formula is C14H18N2O3. The van der Waals surface area contributed by atoms with E-state index in [1.54, 1.807) is 0 Å². The van der Waals surface area contributed by atoms with Crippen LogP contribution in [0.15, 0.2) is 28.8 Å². The summed E-state index contributed by atoms with van der Waals surface area (Å²) in [6.45, 7) is 4.17. The molecule has 2 aromatic rings. The minimum absolute atomic E-state index is 0.277. The first kappa shape index (κ1) is 13.5. The zero-order chi connectivity index (χ0) is 13.7. The minimum Gasteiger partial charge on any atom is -0.485 e. The van der Waals surface area contributed by atoms with Crippen molar-refractivity contribution in [3.63, 3.8) is 0 Å². The largest absolute Gasteiger partial charge is 0.485 e. The molecule has 19 heavy (non-hydrogen) atoms. The summed E-state index contributed by atoms with van der Waals surface area (Å²) < 4.78 is 10.5. The molecule has 0 saturated heterocycles. The van der Waals surface area contributed by atoms with Gasteiger partial charge in [0, 0.05) is 6.42 Å². The molecule has 0 spiro atoms. The molecule has 102 valence electrons. The first-order chi connectivity index (χ1) is 9.22. The highest BCUT2D eigenvalue weighted by Gasteiger charge is 2.07. The van der Waals surface area contributed by atoms with Gasteiger partial charge in [-0.3, -0.25) is 0 Å². The van der Waals surface area contributed by atoms with Crippen LogP contribution < -0.4 is 4.74 Å². The molecule has 0 aliphatic heterocycles. The smallest absolute Gasteiger partial charge is 0.226 e. The van der Waals surface area contributed by atoms with Gasteiger partial charge in [-0.2, -0.15) is 4.98 Å². The normalized spacial score (nSPS) is 12.4. The summed E-state index contributed by atoms with van der Waals surface area (Å²) in [5.41, 5.74) is 0.891. The van der Waals surface area contributed by atoms with Crippen LogP contribution in [0.2, 0.25) is 0 Å². The zero-order valence-corrected chi connectivity index (χ0v) is 11.2. The summed E-state index contributed by atoms with van der Waals surface area (Å²) in [7, 11) is 0. The third kappa shape index (κ3) is 3.54.